The van der Waals surface area contributed by atoms with E-state index in [0.29, 0.717) is 11.7 Å². The van der Waals surface area contributed by atoms with Crippen molar-refractivity contribution in [3.05, 3.63) is 41.9 Å². The van der Waals surface area contributed by atoms with Gasteiger partial charge in [-0.3, -0.25) is 14.9 Å². The molecular weight excluding hydrogens is 228 g/mol. The van der Waals surface area contributed by atoms with Gasteiger partial charge in [0.25, 0.3) is 0 Å². The topological polar surface area (TPSA) is 70.7 Å². The number of carbonyl (C=O) groups is 1. The van der Waals surface area contributed by atoms with Gasteiger partial charge in [-0.05, 0) is 18.1 Å². The zero-order chi connectivity index (χ0) is 13.0. The van der Waals surface area contributed by atoms with E-state index < -0.39 is 0 Å². The monoisotopic (exact) mass is 244 g/mol. The second-order valence-electron chi connectivity index (χ2n) is 4.41. The second-order valence-corrected chi connectivity index (χ2v) is 4.41. The van der Waals surface area contributed by atoms with E-state index >= 15 is 0 Å². The number of anilines is 1. The average Bonchev–Trinajstić information content (AvgIpc) is 2.78. The third kappa shape index (κ3) is 3.16. The number of hydrogen-bond acceptors (Lipinski definition) is 3. The first-order chi connectivity index (χ1) is 8.65. The predicted molar refractivity (Wildman–Crippen MR) is 69.2 cm³/mol. The van der Waals surface area contributed by atoms with E-state index in [2.05, 4.69) is 34.3 Å². The molecular formula is C13H16N4O. The first-order valence-electron chi connectivity index (χ1n) is 5.90. The number of aromatic nitrogens is 3. The molecule has 0 aliphatic rings. The summed E-state index contributed by atoms with van der Waals surface area (Å²) in [5, 5.41) is 9.68. The van der Waals surface area contributed by atoms with E-state index in [1.165, 1.54) is 0 Å². The number of rotatable bonds is 4. The van der Waals surface area contributed by atoms with Gasteiger partial charge in [-0.1, -0.05) is 19.9 Å². The van der Waals surface area contributed by atoms with E-state index in [1.807, 2.05) is 24.3 Å². The molecule has 94 valence electrons. The first kappa shape index (κ1) is 12.3. The number of aromatic amines is 1. The Hall–Kier alpha value is -2.17. The standard InChI is InChI=1S/C13H16N4O/c1-9(2)11-8-12(17-16-11)15-13(18)7-10-5-3-4-6-14-10/h3-6,8-9H,7H2,1-2H3,(H2,15,16,17,18). The lowest BCUT2D eigenvalue weighted by Crippen LogP contribution is -2.15. The molecule has 0 unspecified atom stereocenters. The molecule has 5 nitrogen and oxygen atoms in total. The Morgan fingerprint density at radius 2 is 2.28 bits per heavy atom. The molecule has 2 N–H and O–H groups in total. The van der Waals surface area contributed by atoms with Crippen LogP contribution in [0.25, 0.3) is 0 Å². The molecule has 0 saturated carbocycles. The maximum Gasteiger partial charge on any atom is 0.231 e. The van der Waals surface area contributed by atoms with Crippen molar-refractivity contribution in [2.45, 2.75) is 26.2 Å². The van der Waals surface area contributed by atoms with Gasteiger partial charge >= 0.3 is 0 Å². The SMILES string of the molecule is CC(C)c1cc(NC(=O)Cc2ccccn2)n[nH]1. The summed E-state index contributed by atoms with van der Waals surface area (Å²) in [6.07, 6.45) is 1.93. The molecule has 0 atom stereocenters. The van der Waals surface area contributed by atoms with Crippen LogP contribution in [0.1, 0.15) is 31.2 Å². The van der Waals surface area contributed by atoms with Gasteiger partial charge in [0, 0.05) is 23.7 Å². The highest BCUT2D eigenvalue weighted by Crippen LogP contribution is 2.14. The summed E-state index contributed by atoms with van der Waals surface area (Å²) >= 11 is 0. The normalized spacial score (nSPS) is 10.6. The van der Waals surface area contributed by atoms with Gasteiger partial charge in [-0.25, -0.2) is 0 Å². The van der Waals surface area contributed by atoms with Crippen molar-refractivity contribution >= 4 is 11.7 Å². The molecule has 1 amide bonds. The molecule has 0 aliphatic carbocycles. The number of nitrogens with zero attached hydrogens (tertiary/aromatic N) is 2. The van der Waals surface area contributed by atoms with Gasteiger partial charge in [0.2, 0.25) is 5.91 Å². The molecule has 2 aromatic rings. The molecule has 0 bridgehead atoms. The molecule has 0 saturated heterocycles. The third-order valence-electron chi connectivity index (χ3n) is 2.55. The summed E-state index contributed by atoms with van der Waals surface area (Å²) in [6.45, 7) is 4.13. The number of nitrogens with one attached hydrogen (secondary N) is 2. The third-order valence-corrected chi connectivity index (χ3v) is 2.55. The first-order valence-corrected chi connectivity index (χ1v) is 5.90. The summed E-state index contributed by atoms with van der Waals surface area (Å²) in [5.41, 5.74) is 1.75. The summed E-state index contributed by atoms with van der Waals surface area (Å²) in [7, 11) is 0. The summed E-state index contributed by atoms with van der Waals surface area (Å²) in [5.74, 6) is 0.800. The van der Waals surface area contributed by atoms with Crippen LogP contribution in [0.5, 0.6) is 0 Å². The van der Waals surface area contributed by atoms with Crippen LogP contribution in [-0.2, 0) is 11.2 Å². The minimum Gasteiger partial charge on any atom is -0.309 e. The van der Waals surface area contributed by atoms with Crippen LogP contribution in [0, 0.1) is 0 Å². The number of hydrogen-bond donors (Lipinski definition) is 2. The maximum atomic E-state index is 11.8. The molecule has 0 aromatic carbocycles. The molecule has 0 radical (unpaired) electrons. The largest absolute Gasteiger partial charge is 0.309 e. The van der Waals surface area contributed by atoms with Crippen LogP contribution < -0.4 is 5.32 Å². The zero-order valence-corrected chi connectivity index (χ0v) is 10.5. The lowest BCUT2D eigenvalue weighted by molar-refractivity contribution is -0.115. The summed E-state index contributed by atoms with van der Waals surface area (Å²) in [6, 6.07) is 7.36. The number of carbonyl (C=O) groups excluding carboxylic acids is 1. The van der Waals surface area contributed by atoms with E-state index in [1.54, 1.807) is 6.20 Å². The Morgan fingerprint density at radius 1 is 1.44 bits per heavy atom. The quantitative estimate of drug-likeness (QED) is 0.865. The molecule has 0 fully saturated rings. The Bertz CT molecular complexity index is 519. The van der Waals surface area contributed by atoms with Crippen molar-refractivity contribution in [3.63, 3.8) is 0 Å². The van der Waals surface area contributed by atoms with Crippen molar-refractivity contribution < 1.29 is 4.79 Å². The number of H-pyrrole nitrogens is 1. The van der Waals surface area contributed by atoms with Gasteiger partial charge in [0.1, 0.15) is 0 Å². The lowest BCUT2D eigenvalue weighted by Gasteiger charge is -2.01. The average molecular weight is 244 g/mol. The van der Waals surface area contributed by atoms with Crippen LogP contribution in [-0.4, -0.2) is 21.1 Å². The predicted octanol–water partition coefficient (Wildman–Crippen LogP) is 2.11. The molecule has 5 heteroatoms. The molecule has 0 aliphatic heterocycles. The molecule has 2 rings (SSSR count). The smallest absolute Gasteiger partial charge is 0.231 e. The fourth-order valence-electron chi connectivity index (χ4n) is 1.55. The maximum absolute atomic E-state index is 11.8. The molecule has 18 heavy (non-hydrogen) atoms. The highest BCUT2D eigenvalue weighted by molar-refractivity contribution is 5.91. The van der Waals surface area contributed by atoms with Crippen LogP contribution in [0.2, 0.25) is 0 Å². The van der Waals surface area contributed by atoms with E-state index in [0.717, 1.165) is 11.4 Å². The van der Waals surface area contributed by atoms with Crippen molar-refractivity contribution in [3.8, 4) is 0 Å². The minimum absolute atomic E-state index is 0.115. The van der Waals surface area contributed by atoms with Gasteiger partial charge in [0.05, 0.1) is 6.42 Å². The summed E-state index contributed by atoms with van der Waals surface area (Å²) < 4.78 is 0. The van der Waals surface area contributed by atoms with Crippen LogP contribution in [0.4, 0.5) is 5.82 Å². The minimum atomic E-state index is -0.115. The van der Waals surface area contributed by atoms with Gasteiger partial charge in [-0.2, -0.15) is 5.10 Å². The van der Waals surface area contributed by atoms with Crippen molar-refractivity contribution in [1.29, 1.82) is 0 Å². The lowest BCUT2D eigenvalue weighted by atomic mass is 10.1. The fraction of sp³-hybridized carbons (Fsp3) is 0.308. The molecule has 2 heterocycles. The Morgan fingerprint density at radius 3 is 2.89 bits per heavy atom. The van der Waals surface area contributed by atoms with E-state index in [9.17, 15) is 4.79 Å². The number of amides is 1. The Kier molecular flexibility index (Phi) is 3.72. The molecule has 0 spiro atoms. The van der Waals surface area contributed by atoms with Crippen LogP contribution in [0.3, 0.4) is 0 Å². The fourth-order valence-corrected chi connectivity index (χ4v) is 1.55. The zero-order valence-electron chi connectivity index (χ0n) is 10.5. The highest BCUT2D eigenvalue weighted by Gasteiger charge is 2.08. The molecule has 2 aromatic heterocycles. The Balaban J connectivity index is 1.95. The van der Waals surface area contributed by atoms with E-state index in [4.69, 9.17) is 0 Å². The van der Waals surface area contributed by atoms with Crippen molar-refractivity contribution in [2.24, 2.45) is 0 Å². The van der Waals surface area contributed by atoms with Crippen LogP contribution in [0.15, 0.2) is 30.5 Å². The highest BCUT2D eigenvalue weighted by atomic mass is 16.1. The number of pyridine rings is 1. The van der Waals surface area contributed by atoms with Gasteiger partial charge in [0.15, 0.2) is 5.82 Å². The second kappa shape index (κ2) is 5.44. The van der Waals surface area contributed by atoms with Crippen LogP contribution >= 0.6 is 0 Å². The summed E-state index contributed by atoms with van der Waals surface area (Å²) in [4.78, 5) is 15.9. The van der Waals surface area contributed by atoms with E-state index in [-0.39, 0.29) is 12.3 Å². The van der Waals surface area contributed by atoms with Gasteiger partial charge in [-0.15, -0.1) is 0 Å². The van der Waals surface area contributed by atoms with Crippen molar-refractivity contribution in [1.82, 2.24) is 15.2 Å². The van der Waals surface area contributed by atoms with Crippen molar-refractivity contribution in [2.75, 3.05) is 5.32 Å². The van der Waals surface area contributed by atoms with Gasteiger partial charge < -0.3 is 5.32 Å². The Labute approximate surface area is 106 Å².